The molecule has 5 nitrogen and oxygen atoms in total. The van der Waals surface area contributed by atoms with Crippen LogP contribution in [-0.2, 0) is 11.2 Å². The molecule has 2 aromatic carbocycles. The third-order valence-electron chi connectivity index (χ3n) is 4.85. The molecule has 1 aliphatic rings. The summed E-state index contributed by atoms with van der Waals surface area (Å²) in [5.74, 6) is 0.806. The van der Waals surface area contributed by atoms with Gasteiger partial charge in [0.05, 0.1) is 0 Å². The van der Waals surface area contributed by atoms with Crippen LogP contribution in [0, 0.1) is 0 Å². The predicted octanol–water partition coefficient (Wildman–Crippen LogP) is 3.05. The first-order valence-corrected chi connectivity index (χ1v) is 9.46. The largest absolute Gasteiger partial charge is 0.490 e. The first kappa shape index (κ1) is 19.0. The Morgan fingerprint density at radius 1 is 1.04 bits per heavy atom. The standard InChI is InChI=1S/C22H26N2O3/c1-17(25)24-15-12-21(13-16-24)27-20-9-7-19(8-10-20)22(26)23-14-11-18-5-3-2-4-6-18/h2-10,21H,11-16H2,1H3,(H,23,26). The minimum atomic E-state index is -0.0766. The minimum Gasteiger partial charge on any atom is -0.490 e. The zero-order valence-electron chi connectivity index (χ0n) is 15.7. The van der Waals surface area contributed by atoms with Gasteiger partial charge in [-0.15, -0.1) is 0 Å². The van der Waals surface area contributed by atoms with Crippen molar-refractivity contribution in [3.63, 3.8) is 0 Å². The number of nitrogens with zero attached hydrogens (tertiary/aromatic N) is 1. The number of nitrogens with one attached hydrogen (secondary N) is 1. The molecular weight excluding hydrogens is 340 g/mol. The number of carbonyl (C=O) groups is 2. The molecule has 3 rings (SSSR count). The molecule has 1 aliphatic heterocycles. The fourth-order valence-electron chi connectivity index (χ4n) is 3.23. The molecule has 142 valence electrons. The quantitative estimate of drug-likeness (QED) is 0.855. The third-order valence-corrected chi connectivity index (χ3v) is 4.85. The van der Waals surface area contributed by atoms with Crippen LogP contribution >= 0.6 is 0 Å². The first-order valence-electron chi connectivity index (χ1n) is 9.46. The van der Waals surface area contributed by atoms with E-state index in [-0.39, 0.29) is 17.9 Å². The Morgan fingerprint density at radius 3 is 2.33 bits per heavy atom. The fraction of sp³-hybridized carbons (Fsp3) is 0.364. The zero-order chi connectivity index (χ0) is 19.1. The van der Waals surface area contributed by atoms with Crippen molar-refractivity contribution in [2.45, 2.75) is 32.3 Å². The van der Waals surface area contributed by atoms with Gasteiger partial charge in [0, 0.05) is 45.0 Å². The van der Waals surface area contributed by atoms with Crippen molar-refractivity contribution in [2.24, 2.45) is 0 Å². The maximum absolute atomic E-state index is 12.2. The van der Waals surface area contributed by atoms with Crippen LogP contribution in [0.4, 0.5) is 0 Å². The van der Waals surface area contributed by atoms with E-state index in [0.717, 1.165) is 38.1 Å². The molecule has 0 radical (unpaired) electrons. The number of benzene rings is 2. The van der Waals surface area contributed by atoms with Crippen LogP contribution in [0.25, 0.3) is 0 Å². The van der Waals surface area contributed by atoms with E-state index in [1.165, 1.54) is 5.56 Å². The predicted molar refractivity (Wildman–Crippen MR) is 105 cm³/mol. The van der Waals surface area contributed by atoms with E-state index in [1.807, 2.05) is 35.2 Å². The number of ether oxygens (including phenoxy) is 1. The highest BCUT2D eigenvalue weighted by Gasteiger charge is 2.21. The van der Waals surface area contributed by atoms with Crippen LogP contribution in [0.1, 0.15) is 35.7 Å². The number of piperidine rings is 1. The first-order chi connectivity index (χ1) is 13.1. The highest BCUT2D eigenvalue weighted by Crippen LogP contribution is 2.19. The highest BCUT2D eigenvalue weighted by atomic mass is 16.5. The van der Waals surface area contributed by atoms with Gasteiger partial charge in [0.25, 0.3) is 5.91 Å². The molecule has 27 heavy (non-hydrogen) atoms. The molecule has 0 aromatic heterocycles. The Hall–Kier alpha value is -2.82. The van der Waals surface area contributed by atoms with Gasteiger partial charge in [-0.25, -0.2) is 0 Å². The van der Waals surface area contributed by atoms with Crippen molar-refractivity contribution in [3.8, 4) is 5.75 Å². The van der Waals surface area contributed by atoms with E-state index >= 15 is 0 Å². The topological polar surface area (TPSA) is 58.6 Å². The Morgan fingerprint density at radius 2 is 1.70 bits per heavy atom. The van der Waals surface area contributed by atoms with E-state index in [4.69, 9.17) is 4.74 Å². The second-order valence-corrected chi connectivity index (χ2v) is 6.84. The van der Waals surface area contributed by atoms with Crippen LogP contribution in [0.5, 0.6) is 5.75 Å². The molecule has 0 atom stereocenters. The van der Waals surface area contributed by atoms with Crippen LogP contribution in [-0.4, -0.2) is 42.5 Å². The summed E-state index contributed by atoms with van der Waals surface area (Å²) in [6, 6.07) is 17.3. The molecule has 0 aliphatic carbocycles. The average molecular weight is 366 g/mol. The normalized spacial score (nSPS) is 14.6. The van der Waals surface area contributed by atoms with Gasteiger partial charge < -0.3 is 15.0 Å². The average Bonchev–Trinajstić information content (AvgIpc) is 2.70. The van der Waals surface area contributed by atoms with Crippen LogP contribution in [0.3, 0.4) is 0 Å². The summed E-state index contributed by atoms with van der Waals surface area (Å²) in [7, 11) is 0. The second kappa shape index (κ2) is 9.21. The van der Waals surface area contributed by atoms with Crippen molar-refractivity contribution in [2.75, 3.05) is 19.6 Å². The summed E-state index contributed by atoms with van der Waals surface area (Å²) in [4.78, 5) is 25.5. The maximum atomic E-state index is 12.2. The highest BCUT2D eigenvalue weighted by molar-refractivity contribution is 5.94. The van der Waals surface area contributed by atoms with Crippen molar-refractivity contribution in [1.29, 1.82) is 0 Å². The molecule has 0 unspecified atom stereocenters. The SMILES string of the molecule is CC(=O)N1CCC(Oc2ccc(C(=O)NCCc3ccccc3)cc2)CC1. The van der Waals surface area contributed by atoms with Crippen molar-refractivity contribution in [3.05, 3.63) is 65.7 Å². The Labute approximate surface area is 160 Å². The smallest absolute Gasteiger partial charge is 0.251 e. The number of rotatable bonds is 6. The molecule has 5 heteroatoms. The molecule has 0 saturated carbocycles. The van der Waals surface area contributed by atoms with E-state index in [2.05, 4.69) is 17.4 Å². The number of carbonyl (C=O) groups excluding carboxylic acids is 2. The maximum Gasteiger partial charge on any atom is 0.251 e. The van der Waals surface area contributed by atoms with E-state index in [1.54, 1.807) is 19.1 Å². The van der Waals surface area contributed by atoms with Gasteiger partial charge in [-0.1, -0.05) is 30.3 Å². The summed E-state index contributed by atoms with van der Waals surface area (Å²) < 4.78 is 5.99. The van der Waals surface area contributed by atoms with E-state index in [9.17, 15) is 9.59 Å². The molecule has 0 bridgehead atoms. The summed E-state index contributed by atoms with van der Waals surface area (Å²) in [5.41, 5.74) is 1.83. The molecule has 0 spiro atoms. The lowest BCUT2D eigenvalue weighted by Gasteiger charge is -2.31. The minimum absolute atomic E-state index is 0.0766. The van der Waals surface area contributed by atoms with E-state index < -0.39 is 0 Å². The zero-order valence-corrected chi connectivity index (χ0v) is 15.7. The second-order valence-electron chi connectivity index (χ2n) is 6.84. The van der Waals surface area contributed by atoms with Crippen molar-refractivity contribution < 1.29 is 14.3 Å². The van der Waals surface area contributed by atoms with Gasteiger partial charge in [-0.2, -0.15) is 0 Å². The molecule has 1 saturated heterocycles. The van der Waals surface area contributed by atoms with Crippen molar-refractivity contribution in [1.82, 2.24) is 10.2 Å². The van der Waals surface area contributed by atoms with Crippen LogP contribution in [0.2, 0.25) is 0 Å². The van der Waals surface area contributed by atoms with Gasteiger partial charge in [0.2, 0.25) is 5.91 Å². The molecule has 2 amide bonds. The van der Waals surface area contributed by atoms with Gasteiger partial charge in [0.1, 0.15) is 11.9 Å². The summed E-state index contributed by atoms with van der Waals surface area (Å²) in [5, 5.41) is 2.95. The number of amides is 2. The Balaban J connectivity index is 1.44. The Bertz CT molecular complexity index is 751. The lowest BCUT2D eigenvalue weighted by Crippen LogP contribution is -2.40. The molecule has 1 fully saturated rings. The third kappa shape index (κ3) is 5.58. The van der Waals surface area contributed by atoms with Crippen molar-refractivity contribution >= 4 is 11.8 Å². The lowest BCUT2D eigenvalue weighted by atomic mass is 10.1. The molecule has 1 N–H and O–H groups in total. The summed E-state index contributed by atoms with van der Waals surface area (Å²) in [6.07, 6.45) is 2.60. The lowest BCUT2D eigenvalue weighted by molar-refractivity contribution is -0.130. The Kier molecular flexibility index (Phi) is 6.47. The summed E-state index contributed by atoms with van der Waals surface area (Å²) >= 11 is 0. The summed E-state index contributed by atoms with van der Waals surface area (Å²) in [6.45, 7) is 3.68. The number of hydrogen-bond donors (Lipinski definition) is 1. The van der Waals surface area contributed by atoms with E-state index in [0.29, 0.717) is 12.1 Å². The monoisotopic (exact) mass is 366 g/mol. The number of likely N-dealkylation sites (tertiary alicyclic amines) is 1. The van der Waals surface area contributed by atoms with Gasteiger partial charge in [0.15, 0.2) is 0 Å². The molecule has 1 heterocycles. The number of hydrogen-bond acceptors (Lipinski definition) is 3. The van der Waals surface area contributed by atoms with Gasteiger partial charge in [-0.3, -0.25) is 9.59 Å². The van der Waals surface area contributed by atoms with Crippen LogP contribution in [0.15, 0.2) is 54.6 Å². The van der Waals surface area contributed by atoms with Gasteiger partial charge >= 0.3 is 0 Å². The molecular formula is C22H26N2O3. The van der Waals surface area contributed by atoms with Crippen LogP contribution < -0.4 is 10.1 Å². The molecule has 2 aromatic rings. The van der Waals surface area contributed by atoms with Gasteiger partial charge in [-0.05, 0) is 36.2 Å². The fourth-order valence-corrected chi connectivity index (χ4v) is 3.23.